The second-order valence-electron chi connectivity index (χ2n) is 14.4. The van der Waals surface area contributed by atoms with E-state index in [2.05, 4.69) is 10.6 Å². The summed E-state index contributed by atoms with van der Waals surface area (Å²) < 4.78 is 68.0. The van der Waals surface area contributed by atoms with Crippen molar-refractivity contribution in [1.29, 1.82) is 0 Å². The Labute approximate surface area is 311 Å². The van der Waals surface area contributed by atoms with Crippen LogP contribution in [0.25, 0.3) is 0 Å². The number of carbonyl (C=O) groups is 2. The molecule has 4 nitrogen and oxygen atoms in total. The minimum absolute atomic E-state index is 0.216. The van der Waals surface area contributed by atoms with Gasteiger partial charge in [-0.3, -0.25) is 0 Å². The first-order chi connectivity index (χ1) is 25.4. The zero-order valence-corrected chi connectivity index (χ0v) is 31.8. The number of carbonyl (C=O) groups excluding carboxylic acids is 2. The Kier molecular flexibility index (Phi) is 11.5. The maximum atomic E-state index is 17.3. The van der Waals surface area contributed by atoms with Crippen LogP contribution in [-0.4, -0.2) is 11.8 Å². The van der Waals surface area contributed by atoms with Gasteiger partial charge in [0, 0.05) is 0 Å². The maximum absolute atomic E-state index is 17.3. The van der Waals surface area contributed by atoms with Crippen LogP contribution in [0.15, 0.2) is 117 Å². The van der Waals surface area contributed by atoms with Crippen LogP contribution >= 0.6 is 0 Å². The Balaban J connectivity index is 1.53. The Morgan fingerprint density at radius 1 is 0.604 bits per heavy atom. The summed E-state index contributed by atoms with van der Waals surface area (Å²) in [5.41, 5.74) is 1.64. The Bertz CT molecular complexity index is 2050. The first-order valence-electron chi connectivity index (χ1n) is 17.9. The number of amides is 2. The summed E-state index contributed by atoms with van der Waals surface area (Å²) in [6.07, 6.45) is 12.1. The van der Waals surface area contributed by atoms with E-state index in [1.54, 1.807) is 60.7 Å². The first-order valence-corrected chi connectivity index (χ1v) is 21.0. The molecule has 0 spiro atoms. The molecular formula is C44H42F4N2O2Ti. The fourth-order valence-electron chi connectivity index (χ4n) is 7.51. The number of allylic oxidation sites excluding steroid dienone is 8. The monoisotopic (exact) mass is 754 g/mol. The molecule has 272 valence electrons. The van der Waals surface area contributed by atoms with Crippen molar-refractivity contribution in [2.24, 2.45) is 11.8 Å². The first kappa shape index (κ1) is 38.0. The van der Waals surface area contributed by atoms with E-state index in [-0.39, 0.29) is 36.1 Å². The van der Waals surface area contributed by atoms with E-state index in [1.807, 2.05) is 52.0 Å². The van der Waals surface area contributed by atoms with Crippen LogP contribution in [-0.2, 0) is 29.4 Å². The molecular weight excluding hydrogens is 712 g/mol. The topological polar surface area (TPSA) is 58.2 Å². The normalized spacial score (nSPS) is 13.8. The standard InChI is InChI=1S/2C17H16F2NO.2C5H5.Ti/c2*1-11(2)9-12-5-3-4-6-14(12)17(21)20-16-8-7-13(18)10-15(16)19;2*1-2-4-5-3-1;/h2*3-8,11H,9H2,1-2H3,(H,20,21);2*1-3H,4H2;. The summed E-state index contributed by atoms with van der Waals surface area (Å²) in [5.74, 6) is -4.80. The van der Waals surface area contributed by atoms with Crippen LogP contribution in [0.4, 0.5) is 28.9 Å². The summed E-state index contributed by atoms with van der Waals surface area (Å²) in [6.45, 7) is 8.10. The molecule has 2 N–H and O–H groups in total. The van der Waals surface area contributed by atoms with Crippen molar-refractivity contribution < 1.29 is 43.7 Å². The third-order valence-corrected chi connectivity index (χ3v) is 17.7. The number of rotatable bonds is 12. The fraction of sp³-hybridized carbons (Fsp3) is 0.227. The van der Waals surface area contributed by atoms with Crippen molar-refractivity contribution in [3.05, 3.63) is 163 Å². The van der Waals surface area contributed by atoms with E-state index in [1.165, 1.54) is 0 Å². The summed E-state index contributed by atoms with van der Waals surface area (Å²) in [4.78, 5) is 27.4. The van der Waals surface area contributed by atoms with Gasteiger partial charge in [0.15, 0.2) is 0 Å². The van der Waals surface area contributed by atoms with Crippen molar-refractivity contribution in [2.75, 3.05) is 10.6 Å². The van der Waals surface area contributed by atoms with E-state index in [9.17, 15) is 9.59 Å². The molecule has 0 saturated heterocycles. The predicted octanol–water partition coefficient (Wildman–Crippen LogP) is 9.94. The van der Waals surface area contributed by atoms with Crippen LogP contribution in [0, 0.1) is 35.1 Å². The molecule has 0 radical (unpaired) electrons. The van der Waals surface area contributed by atoms with Gasteiger partial charge in [-0.15, -0.1) is 0 Å². The molecule has 0 heterocycles. The van der Waals surface area contributed by atoms with Gasteiger partial charge in [0.2, 0.25) is 0 Å². The summed E-state index contributed by atoms with van der Waals surface area (Å²) >= 11 is -5.26. The molecule has 0 atom stereocenters. The van der Waals surface area contributed by atoms with Crippen LogP contribution in [0.3, 0.4) is 0 Å². The van der Waals surface area contributed by atoms with E-state index in [4.69, 9.17) is 0 Å². The molecule has 0 saturated carbocycles. The number of hydrogen-bond acceptors (Lipinski definition) is 2. The van der Waals surface area contributed by atoms with E-state index in [0.717, 1.165) is 35.4 Å². The molecule has 9 heteroatoms. The number of halogens is 4. The number of anilines is 2. The molecule has 2 amide bonds. The minimum atomic E-state index is -5.26. The molecule has 4 aromatic carbocycles. The average molecular weight is 755 g/mol. The van der Waals surface area contributed by atoms with Gasteiger partial charge in [0.05, 0.1) is 0 Å². The molecule has 0 aromatic heterocycles. The van der Waals surface area contributed by atoms with Gasteiger partial charge in [0.25, 0.3) is 0 Å². The van der Waals surface area contributed by atoms with Crippen molar-refractivity contribution in [2.45, 2.75) is 53.4 Å². The Morgan fingerprint density at radius 3 is 1.36 bits per heavy atom. The zero-order valence-electron chi connectivity index (χ0n) is 30.2. The molecule has 6 rings (SSSR count). The second kappa shape index (κ2) is 16.1. The third-order valence-electron chi connectivity index (χ3n) is 9.71. The second-order valence-corrected chi connectivity index (χ2v) is 20.3. The Hall–Kier alpha value is -4.79. The van der Waals surface area contributed by atoms with Gasteiger partial charge in [-0.25, -0.2) is 0 Å². The molecule has 2 aliphatic rings. The number of benzene rings is 4. The van der Waals surface area contributed by atoms with Crippen LogP contribution < -0.4 is 18.4 Å². The molecule has 53 heavy (non-hydrogen) atoms. The van der Waals surface area contributed by atoms with E-state index < -0.39 is 59.4 Å². The van der Waals surface area contributed by atoms with Crippen LogP contribution in [0.1, 0.15) is 72.4 Å². The van der Waals surface area contributed by atoms with Gasteiger partial charge >= 0.3 is 313 Å². The fourth-order valence-corrected chi connectivity index (χ4v) is 15.8. The zero-order chi connectivity index (χ0) is 37.9. The molecule has 2 aliphatic carbocycles. The van der Waals surface area contributed by atoms with Gasteiger partial charge in [-0.1, -0.05) is 0 Å². The van der Waals surface area contributed by atoms with Gasteiger partial charge in [-0.05, 0) is 0 Å². The van der Waals surface area contributed by atoms with E-state index in [0.29, 0.717) is 31.7 Å². The summed E-state index contributed by atoms with van der Waals surface area (Å²) in [5, 5.41) is 5.30. The van der Waals surface area contributed by atoms with Crippen molar-refractivity contribution in [3.63, 3.8) is 0 Å². The molecule has 0 bridgehead atoms. The van der Waals surface area contributed by atoms with Crippen LogP contribution in [0.2, 0.25) is 0 Å². The quantitative estimate of drug-likeness (QED) is 0.112. The van der Waals surface area contributed by atoms with Gasteiger partial charge in [0.1, 0.15) is 0 Å². The molecule has 0 aliphatic heterocycles. The van der Waals surface area contributed by atoms with Gasteiger partial charge in [-0.2, -0.15) is 0 Å². The van der Waals surface area contributed by atoms with Crippen LogP contribution in [0.5, 0.6) is 0 Å². The summed E-state index contributed by atoms with van der Waals surface area (Å²) in [7, 11) is 0. The SMILES string of the molecule is CC(C)Cc1ccccc1C(=O)Nc1ccc(F)[c]([Ti]([C]2=CC=CC2)([C]2=CC=CC2)[c]2c(F)ccc(NC(=O)c3ccccc3CC(C)C)c2F)c1F. The van der Waals surface area contributed by atoms with Crippen molar-refractivity contribution in [1.82, 2.24) is 0 Å². The Morgan fingerprint density at radius 2 is 1.00 bits per heavy atom. The van der Waals surface area contributed by atoms with E-state index >= 15 is 17.6 Å². The van der Waals surface area contributed by atoms with Gasteiger partial charge < -0.3 is 0 Å². The number of nitrogens with one attached hydrogen (secondary N) is 2. The van der Waals surface area contributed by atoms with Crippen molar-refractivity contribution >= 4 is 30.9 Å². The third kappa shape index (κ3) is 7.53. The average Bonchev–Trinajstić information content (AvgIpc) is 3.86. The molecule has 4 aromatic rings. The van der Waals surface area contributed by atoms with Crippen molar-refractivity contribution in [3.8, 4) is 0 Å². The molecule has 0 fully saturated rings. The molecule has 0 unspecified atom stereocenters. The number of hydrogen-bond donors (Lipinski definition) is 2. The summed E-state index contributed by atoms with van der Waals surface area (Å²) in [6, 6.07) is 18.4. The predicted molar refractivity (Wildman–Crippen MR) is 202 cm³/mol.